The van der Waals surface area contributed by atoms with Crippen molar-refractivity contribution < 1.29 is 13.9 Å². The molecule has 0 fully saturated rings. The zero-order valence-electron chi connectivity index (χ0n) is 16.0. The molecule has 0 aliphatic rings. The summed E-state index contributed by atoms with van der Waals surface area (Å²) >= 11 is 0. The number of hydrogen-bond acceptors (Lipinski definition) is 5. The number of aromatic nitrogens is 3. The maximum Gasteiger partial charge on any atom is 0.420 e. The average molecular weight is 392 g/mol. The van der Waals surface area contributed by atoms with Crippen LogP contribution in [-0.4, -0.2) is 27.1 Å². The Kier molecular flexibility index (Phi) is 4.90. The van der Waals surface area contributed by atoms with Gasteiger partial charge >= 0.3 is 5.76 Å². The van der Waals surface area contributed by atoms with E-state index in [1.54, 1.807) is 37.6 Å². The number of nitrogens with zero attached hydrogens (tertiary/aromatic N) is 3. The van der Waals surface area contributed by atoms with Crippen LogP contribution in [0.15, 0.2) is 70.1 Å². The quantitative estimate of drug-likeness (QED) is 0.543. The van der Waals surface area contributed by atoms with Crippen molar-refractivity contribution in [3.63, 3.8) is 0 Å². The summed E-state index contributed by atoms with van der Waals surface area (Å²) in [6.45, 7) is -0.166. The van der Waals surface area contributed by atoms with Crippen molar-refractivity contribution in [3.05, 3.63) is 82.9 Å². The fourth-order valence-corrected chi connectivity index (χ4v) is 3.29. The molecule has 8 heteroatoms. The first kappa shape index (κ1) is 18.5. The van der Waals surface area contributed by atoms with Crippen LogP contribution < -0.4 is 15.8 Å². The molecule has 0 aliphatic carbocycles. The summed E-state index contributed by atoms with van der Waals surface area (Å²) in [5, 5.41) is 2.98. The highest BCUT2D eigenvalue weighted by atomic mass is 16.5. The Bertz CT molecular complexity index is 1220. The van der Waals surface area contributed by atoms with Gasteiger partial charge in [0.25, 0.3) is 0 Å². The molecule has 2 heterocycles. The Morgan fingerprint density at radius 3 is 2.83 bits per heavy atom. The molecular weight excluding hydrogens is 372 g/mol. The zero-order chi connectivity index (χ0) is 20.4. The number of rotatable bonds is 6. The summed E-state index contributed by atoms with van der Waals surface area (Å²) in [5.41, 5.74) is 1.83. The van der Waals surface area contributed by atoms with Crippen LogP contribution in [0.2, 0.25) is 0 Å². The highest BCUT2D eigenvalue weighted by Crippen LogP contribution is 2.24. The van der Waals surface area contributed by atoms with Gasteiger partial charge in [0.1, 0.15) is 24.2 Å². The van der Waals surface area contributed by atoms with Gasteiger partial charge in [0.05, 0.1) is 12.6 Å². The lowest BCUT2D eigenvalue weighted by molar-refractivity contribution is -0.122. The number of imidazole rings is 1. The molecule has 1 unspecified atom stereocenters. The number of carbonyl (C=O) groups is 1. The van der Waals surface area contributed by atoms with Gasteiger partial charge in [-0.15, -0.1) is 0 Å². The molecule has 0 saturated heterocycles. The van der Waals surface area contributed by atoms with E-state index in [1.165, 1.54) is 4.57 Å². The molecular formula is C21H20N4O4. The first-order chi connectivity index (χ1) is 14.1. The molecule has 0 spiro atoms. The van der Waals surface area contributed by atoms with Crippen LogP contribution in [0.25, 0.3) is 11.1 Å². The summed E-state index contributed by atoms with van der Waals surface area (Å²) in [6, 6.07) is 13.9. The van der Waals surface area contributed by atoms with E-state index in [0.29, 0.717) is 22.7 Å². The highest BCUT2D eigenvalue weighted by Gasteiger charge is 2.22. The molecule has 0 aliphatic heterocycles. The Labute approximate surface area is 166 Å². The summed E-state index contributed by atoms with van der Waals surface area (Å²) in [7, 11) is 3.44. The molecule has 2 aromatic heterocycles. The van der Waals surface area contributed by atoms with Crippen molar-refractivity contribution in [1.82, 2.24) is 19.4 Å². The second-order valence-corrected chi connectivity index (χ2v) is 6.60. The van der Waals surface area contributed by atoms with E-state index in [-0.39, 0.29) is 12.5 Å². The first-order valence-electron chi connectivity index (χ1n) is 9.05. The second-order valence-electron chi connectivity index (χ2n) is 6.60. The standard InChI is InChI=1S/C21H20N4O4/c1-24-11-10-22-20(24)19(14-6-5-7-15(12-14)28-2)23-18(26)13-25-16-8-3-4-9-17(16)29-21(25)27/h3-12,19H,13H2,1-2H3,(H,23,26). The fourth-order valence-electron chi connectivity index (χ4n) is 3.29. The summed E-state index contributed by atoms with van der Waals surface area (Å²) < 4.78 is 13.7. The van der Waals surface area contributed by atoms with E-state index in [9.17, 15) is 9.59 Å². The third-order valence-electron chi connectivity index (χ3n) is 4.72. The number of amides is 1. The average Bonchev–Trinajstić information content (AvgIpc) is 3.29. The third kappa shape index (κ3) is 3.64. The van der Waals surface area contributed by atoms with E-state index in [2.05, 4.69) is 10.3 Å². The molecule has 148 valence electrons. The van der Waals surface area contributed by atoms with Gasteiger partial charge in [0.2, 0.25) is 5.91 Å². The van der Waals surface area contributed by atoms with Gasteiger partial charge in [0, 0.05) is 19.4 Å². The van der Waals surface area contributed by atoms with Gasteiger partial charge in [-0.2, -0.15) is 0 Å². The fraction of sp³-hybridized carbons (Fsp3) is 0.190. The van der Waals surface area contributed by atoms with Crippen LogP contribution in [0.4, 0.5) is 0 Å². The third-order valence-corrected chi connectivity index (χ3v) is 4.72. The van der Waals surface area contributed by atoms with Crippen LogP contribution in [0.1, 0.15) is 17.4 Å². The molecule has 0 radical (unpaired) electrons. The van der Waals surface area contributed by atoms with Crippen molar-refractivity contribution in [2.45, 2.75) is 12.6 Å². The largest absolute Gasteiger partial charge is 0.497 e. The molecule has 0 bridgehead atoms. The van der Waals surface area contributed by atoms with Gasteiger partial charge in [0.15, 0.2) is 5.58 Å². The van der Waals surface area contributed by atoms with Crippen LogP contribution in [0.5, 0.6) is 5.75 Å². The Morgan fingerprint density at radius 1 is 1.24 bits per heavy atom. The Hall–Kier alpha value is -3.81. The van der Waals surface area contributed by atoms with Crippen LogP contribution in [-0.2, 0) is 18.4 Å². The van der Waals surface area contributed by atoms with Crippen molar-refractivity contribution in [2.75, 3.05) is 7.11 Å². The molecule has 4 rings (SSSR count). The van der Waals surface area contributed by atoms with Gasteiger partial charge < -0.3 is 19.0 Å². The number of hydrogen-bond donors (Lipinski definition) is 1. The van der Waals surface area contributed by atoms with Crippen molar-refractivity contribution in [2.24, 2.45) is 7.05 Å². The van der Waals surface area contributed by atoms with E-state index in [4.69, 9.17) is 9.15 Å². The topological polar surface area (TPSA) is 91.3 Å². The zero-order valence-corrected chi connectivity index (χ0v) is 16.0. The molecule has 0 saturated carbocycles. The molecule has 8 nitrogen and oxygen atoms in total. The lowest BCUT2D eigenvalue weighted by atomic mass is 10.1. The van der Waals surface area contributed by atoms with Crippen LogP contribution in [0, 0.1) is 0 Å². The summed E-state index contributed by atoms with van der Waals surface area (Å²) in [5.74, 6) is 0.426. The number of oxazole rings is 1. The van der Waals surface area contributed by atoms with Gasteiger partial charge in [-0.25, -0.2) is 9.78 Å². The number of para-hydroxylation sites is 2. The van der Waals surface area contributed by atoms with Gasteiger partial charge in [-0.1, -0.05) is 24.3 Å². The Balaban J connectivity index is 1.65. The normalized spacial score (nSPS) is 12.1. The van der Waals surface area contributed by atoms with Gasteiger partial charge in [-0.3, -0.25) is 9.36 Å². The minimum atomic E-state index is -0.573. The minimum absolute atomic E-state index is 0.166. The summed E-state index contributed by atoms with van der Waals surface area (Å²) in [4.78, 5) is 29.4. The second kappa shape index (κ2) is 7.67. The number of benzene rings is 2. The van der Waals surface area contributed by atoms with Gasteiger partial charge in [-0.05, 0) is 29.8 Å². The maximum atomic E-state index is 12.9. The number of nitrogens with one attached hydrogen (secondary N) is 1. The molecule has 4 aromatic rings. The predicted octanol–water partition coefficient (Wildman–Crippen LogP) is 2.24. The van der Waals surface area contributed by atoms with E-state index < -0.39 is 11.8 Å². The number of carbonyl (C=O) groups excluding carboxylic acids is 1. The predicted molar refractivity (Wildman–Crippen MR) is 107 cm³/mol. The minimum Gasteiger partial charge on any atom is -0.497 e. The SMILES string of the molecule is COc1cccc(C(NC(=O)Cn2c(=O)oc3ccccc32)c2nccn2C)c1. The molecule has 29 heavy (non-hydrogen) atoms. The smallest absolute Gasteiger partial charge is 0.420 e. The number of aryl methyl sites for hydroxylation is 1. The van der Waals surface area contributed by atoms with Crippen molar-refractivity contribution in [3.8, 4) is 5.75 Å². The highest BCUT2D eigenvalue weighted by molar-refractivity contribution is 5.80. The lowest BCUT2D eigenvalue weighted by Crippen LogP contribution is -2.35. The lowest BCUT2D eigenvalue weighted by Gasteiger charge is -2.20. The molecule has 1 amide bonds. The Morgan fingerprint density at radius 2 is 2.07 bits per heavy atom. The van der Waals surface area contributed by atoms with Crippen LogP contribution in [0.3, 0.4) is 0 Å². The summed E-state index contributed by atoms with van der Waals surface area (Å²) in [6.07, 6.45) is 3.48. The molecule has 1 N–H and O–H groups in total. The van der Waals surface area contributed by atoms with E-state index in [1.807, 2.05) is 42.1 Å². The molecule has 1 atom stereocenters. The van der Waals surface area contributed by atoms with Crippen molar-refractivity contribution in [1.29, 1.82) is 0 Å². The number of ether oxygens (including phenoxy) is 1. The first-order valence-corrected chi connectivity index (χ1v) is 9.05. The maximum absolute atomic E-state index is 12.9. The van der Waals surface area contributed by atoms with E-state index in [0.717, 1.165) is 5.56 Å². The monoisotopic (exact) mass is 392 g/mol. The number of fused-ring (bicyclic) bond motifs is 1. The molecule has 2 aromatic carbocycles. The number of methoxy groups -OCH3 is 1. The van der Waals surface area contributed by atoms with Crippen molar-refractivity contribution >= 4 is 17.0 Å². The van der Waals surface area contributed by atoms with E-state index >= 15 is 0 Å². The van der Waals surface area contributed by atoms with Crippen LogP contribution >= 0.6 is 0 Å².